The zero-order chi connectivity index (χ0) is 34.4. The van der Waals surface area contributed by atoms with Crippen LogP contribution in [0.15, 0.2) is 66.0 Å². The van der Waals surface area contributed by atoms with Crippen molar-refractivity contribution in [2.24, 2.45) is 0 Å². The number of likely N-dealkylation sites (tertiary alicyclic amines) is 1. The van der Waals surface area contributed by atoms with Crippen LogP contribution in [-0.4, -0.2) is 76.1 Å². The van der Waals surface area contributed by atoms with E-state index >= 15 is 0 Å². The zero-order valence-electron chi connectivity index (χ0n) is 26.9. The molecule has 1 aliphatic heterocycles. The fraction of sp³-hybridized carbons (Fsp3) is 0.382. The summed E-state index contributed by atoms with van der Waals surface area (Å²) >= 11 is 1.51. The molecule has 10 nitrogen and oxygen atoms in total. The first-order valence-corrected chi connectivity index (χ1v) is 16.5. The third kappa shape index (κ3) is 8.74. The second-order valence-corrected chi connectivity index (χ2v) is 12.9. The molecular formula is C34H38F3N7O3S. The molecule has 0 spiro atoms. The van der Waals surface area contributed by atoms with Gasteiger partial charge in [-0.05, 0) is 43.4 Å². The van der Waals surface area contributed by atoms with Crippen molar-refractivity contribution in [3.8, 4) is 0 Å². The van der Waals surface area contributed by atoms with Crippen LogP contribution in [0.4, 0.5) is 19.1 Å². The number of alkyl halides is 3. The van der Waals surface area contributed by atoms with Crippen LogP contribution in [0.2, 0.25) is 0 Å². The van der Waals surface area contributed by atoms with Gasteiger partial charge in [-0.25, -0.2) is 15.0 Å². The van der Waals surface area contributed by atoms with Crippen molar-refractivity contribution < 1.29 is 27.9 Å². The van der Waals surface area contributed by atoms with Gasteiger partial charge in [0.05, 0.1) is 23.8 Å². The van der Waals surface area contributed by atoms with Gasteiger partial charge in [-0.15, -0.1) is 11.3 Å². The number of carbonyl (C=O) groups is 2. The van der Waals surface area contributed by atoms with Gasteiger partial charge in [0.25, 0.3) is 11.8 Å². The van der Waals surface area contributed by atoms with Crippen molar-refractivity contribution in [1.29, 1.82) is 0 Å². The summed E-state index contributed by atoms with van der Waals surface area (Å²) in [6.07, 6.45) is -3.73. The maximum absolute atomic E-state index is 13.8. The molecule has 0 unspecified atom stereocenters. The van der Waals surface area contributed by atoms with E-state index in [1.54, 1.807) is 30.0 Å². The number of carbonyl (C=O) groups excluding carboxylic acids is 2. The highest BCUT2D eigenvalue weighted by Crippen LogP contribution is 2.35. The van der Waals surface area contributed by atoms with Crippen molar-refractivity contribution in [2.45, 2.75) is 57.1 Å². The first kappa shape index (κ1) is 34.9. The quantitative estimate of drug-likeness (QED) is 0.195. The standard InChI is InChI=1S/C34H38F3N7O3S/c1-21-20-48-31(39-21)28-13-8-14-44(28)32(47)27-17-26(41-33(42-27)43(2)3)30(46)40-25(16-22-9-5-4-6-10-22)29(45)19-38-18-23-11-7-12-24(15-23)34(35,36)37/h4-7,9-12,15,17,20,25,28-29,38,45H,8,13-14,16,18-19H2,1-3H3,(H,40,46)/t25-,28+,29-/m0/s1. The molecule has 2 amide bonds. The van der Waals surface area contributed by atoms with Gasteiger partial charge in [-0.3, -0.25) is 9.59 Å². The molecule has 2 aromatic heterocycles. The van der Waals surface area contributed by atoms with E-state index in [9.17, 15) is 27.9 Å². The van der Waals surface area contributed by atoms with Crippen molar-refractivity contribution in [3.63, 3.8) is 0 Å². The zero-order valence-corrected chi connectivity index (χ0v) is 27.7. The average Bonchev–Trinajstić information content (AvgIpc) is 3.73. The number of thiazole rings is 1. The van der Waals surface area contributed by atoms with Crippen molar-refractivity contribution >= 4 is 29.1 Å². The van der Waals surface area contributed by atoms with Crippen LogP contribution in [0.5, 0.6) is 0 Å². The number of aliphatic hydroxyl groups excluding tert-OH is 1. The summed E-state index contributed by atoms with van der Waals surface area (Å²) in [6, 6.07) is 14.6. The highest BCUT2D eigenvalue weighted by molar-refractivity contribution is 7.09. The van der Waals surface area contributed by atoms with Crippen LogP contribution >= 0.6 is 11.3 Å². The molecule has 1 fully saturated rings. The lowest BCUT2D eigenvalue weighted by Gasteiger charge is -2.25. The van der Waals surface area contributed by atoms with Crippen molar-refractivity contribution in [2.75, 3.05) is 32.1 Å². The SMILES string of the molecule is Cc1csc([C@H]2CCCN2C(=O)c2cc(C(=O)N[C@@H](Cc3ccccc3)[C@@H](O)CNCc3cccc(C(F)(F)F)c3)nc(N(C)C)n2)n1. The lowest BCUT2D eigenvalue weighted by atomic mass is 10.0. The Morgan fingerprint density at radius 1 is 1.04 bits per heavy atom. The molecule has 3 heterocycles. The van der Waals surface area contributed by atoms with Gasteiger partial charge in [0, 0.05) is 50.9 Å². The Balaban J connectivity index is 1.34. The minimum atomic E-state index is -4.46. The number of hydrogen-bond acceptors (Lipinski definition) is 9. The summed E-state index contributed by atoms with van der Waals surface area (Å²) in [7, 11) is 3.42. The maximum atomic E-state index is 13.8. The Labute approximate surface area is 281 Å². The first-order valence-electron chi connectivity index (χ1n) is 15.6. The smallest absolute Gasteiger partial charge is 0.390 e. The number of aryl methyl sites for hydroxylation is 1. The fourth-order valence-corrected chi connectivity index (χ4v) is 6.50. The monoisotopic (exact) mass is 681 g/mol. The summed E-state index contributed by atoms with van der Waals surface area (Å²) in [5.74, 6) is -0.764. The van der Waals surface area contributed by atoms with Crippen LogP contribution in [-0.2, 0) is 19.1 Å². The molecule has 2 aromatic carbocycles. The van der Waals surface area contributed by atoms with Crippen LogP contribution in [0.3, 0.4) is 0 Å². The van der Waals surface area contributed by atoms with Gasteiger partial charge in [0.2, 0.25) is 5.95 Å². The second kappa shape index (κ2) is 15.2. The van der Waals surface area contributed by atoms with Crippen LogP contribution in [0.1, 0.15) is 67.3 Å². The van der Waals surface area contributed by atoms with E-state index < -0.39 is 29.8 Å². The number of halogens is 3. The molecule has 254 valence electrons. The molecule has 0 bridgehead atoms. The molecule has 1 aliphatic rings. The van der Waals surface area contributed by atoms with Gasteiger partial charge >= 0.3 is 6.18 Å². The topological polar surface area (TPSA) is 124 Å². The molecule has 0 radical (unpaired) electrons. The van der Waals surface area contributed by atoms with E-state index in [1.807, 2.05) is 42.6 Å². The molecule has 0 saturated carbocycles. The Morgan fingerprint density at radius 3 is 2.46 bits per heavy atom. The summed E-state index contributed by atoms with van der Waals surface area (Å²) in [5.41, 5.74) is 1.42. The Kier molecular flexibility index (Phi) is 11.1. The van der Waals surface area contributed by atoms with E-state index in [0.29, 0.717) is 12.1 Å². The van der Waals surface area contributed by atoms with E-state index in [1.165, 1.54) is 23.5 Å². The third-order valence-electron chi connectivity index (χ3n) is 8.02. The minimum absolute atomic E-state index is 0.0168. The predicted octanol–water partition coefficient (Wildman–Crippen LogP) is 4.80. The number of rotatable bonds is 12. The van der Waals surface area contributed by atoms with E-state index in [0.717, 1.165) is 41.2 Å². The lowest BCUT2D eigenvalue weighted by molar-refractivity contribution is -0.137. The van der Waals surface area contributed by atoms with Crippen molar-refractivity contribution in [3.05, 3.63) is 105 Å². The van der Waals surface area contributed by atoms with E-state index in [2.05, 4.69) is 25.6 Å². The Bertz CT molecular complexity index is 1720. The molecule has 3 atom stereocenters. The molecular weight excluding hydrogens is 643 g/mol. The predicted molar refractivity (Wildman–Crippen MR) is 177 cm³/mol. The highest BCUT2D eigenvalue weighted by Gasteiger charge is 2.34. The Hall–Kier alpha value is -4.40. The molecule has 3 N–H and O–H groups in total. The minimum Gasteiger partial charge on any atom is -0.390 e. The summed E-state index contributed by atoms with van der Waals surface area (Å²) < 4.78 is 39.5. The molecule has 1 saturated heterocycles. The number of anilines is 1. The molecule has 4 aromatic rings. The van der Waals surface area contributed by atoms with Gasteiger partial charge in [-0.2, -0.15) is 13.2 Å². The van der Waals surface area contributed by atoms with Gasteiger partial charge in [0.15, 0.2) is 0 Å². The molecule has 5 rings (SSSR count). The third-order valence-corrected chi connectivity index (χ3v) is 9.08. The van der Waals surface area contributed by atoms with E-state index in [4.69, 9.17) is 0 Å². The number of aromatic nitrogens is 3. The van der Waals surface area contributed by atoms with Crippen LogP contribution in [0, 0.1) is 6.92 Å². The average molecular weight is 682 g/mol. The van der Waals surface area contributed by atoms with Gasteiger partial charge in [-0.1, -0.05) is 48.5 Å². The van der Waals surface area contributed by atoms with Crippen molar-refractivity contribution in [1.82, 2.24) is 30.5 Å². The molecule has 48 heavy (non-hydrogen) atoms. The summed E-state index contributed by atoms with van der Waals surface area (Å²) in [6.45, 7) is 2.50. The normalized spacial score (nSPS) is 16.1. The number of nitrogens with one attached hydrogen (secondary N) is 2. The van der Waals surface area contributed by atoms with Crippen LogP contribution in [0.25, 0.3) is 0 Å². The molecule has 0 aliphatic carbocycles. The maximum Gasteiger partial charge on any atom is 0.416 e. The summed E-state index contributed by atoms with van der Waals surface area (Å²) in [4.78, 5) is 44.4. The molecule has 14 heteroatoms. The second-order valence-electron chi connectivity index (χ2n) is 12.0. The fourth-order valence-electron chi connectivity index (χ4n) is 5.56. The highest BCUT2D eigenvalue weighted by atomic mass is 32.1. The number of amides is 2. The van der Waals surface area contributed by atoms with Gasteiger partial charge < -0.3 is 25.5 Å². The van der Waals surface area contributed by atoms with Gasteiger partial charge in [0.1, 0.15) is 16.4 Å². The number of aliphatic hydroxyl groups is 1. The van der Waals surface area contributed by atoms with Crippen LogP contribution < -0.4 is 15.5 Å². The lowest BCUT2D eigenvalue weighted by Crippen LogP contribution is -2.49. The summed E-state index contributed by atoms with van der Waals surface area (Å²) in [5, 5.41) is 19.9. The largest absolute Gasteiger partial charge is 0.416 e. The number of nitrogens with zero attached hydrogens (tertiary/aromatic N) is 5. The van der Waals surface area contributed by atoms with E-state index in [-0.39, 0.29) is 48.8 Å². The first-order chi connectivity index (χ1) is 22.9. The Morgan fingerprint density at radius 2 is 1.77 bits per heavy atom. The number of benzene rings is 2. The number of hydrogen-bond donors (Lipinski definition) is 3.